The minimum atomic E-state index is -0.259. The van der Waals surface area contributed by atoms with E-state index in [0.29, 0.717) is 22.0 Å². The Kier molecular flexibility index (Phi) is 2.75. The number of aromatic nitrogens is 3. The Morgan fingerprint density at radius 1 is 1.14 bits per heavy atom. The Hall–Kier alpha value is -2.27. The number of hydrogen-bond donors (Lipinski definition) is 0. The van der Waals surface area contributed by atoms with Crippen LogP contribution in [-0.4, -0.2) is 21.5 Å². The number of nitrogens with zero attached hydrogens (tertiary/aromatic N) is 4. The summed E-state index contributed by atoms with van der Waals surface area (Å²) < 4.78 is 13.5. The molecule has 0 aliphatic carbocycles. The third-order valence-electron chi connectivity index (χ3n) is 3.63. The first-order valence-electron chi connectivity index (χ1n) is 6.55. The lowest BCUT2D eigenvalue weighted by Gasteiger charge is -2.19. The molecule has 0 N–H and O–H groups in total. The van der Waals surface area contributed by atoms with Crippen LogP contribution in [0.25, 0.3) is 11.0 Å². The molecule has 1 aliphatic heterocycles. The van der Waals surface area contributed by atoms with Crippen molar-refractivity contribution in [1.82, 2.24) is 15.0 Å². The quantitative estimate of drug-likeness (QED) is 0.645. The molecule has 4 nitrogen and oxygen atoms in total. The van der Waals surface area contributed by atoms with E-state index in [1.807, 2.05) is 11.0 Å². The van der Waals surface area contributed by atoms with E-state index in [4.69, 9.17) is 11.6 Å². The Morgan fingerprint density at radius 2 is 2.05 bits per heavy atom. The van der Waals surface area contributed by atoms with Crippen LogP contribution in [0.3, 0.4) is 0 Å². The van der Waals surface area contributed by atoms with Crippen molar-refractivity contribution in [3.05, 3.63) is 53.2 Å². The Bertz CT molecular complexity index is 852. The molecule has 0 fully saturated rings. The smallest absolute Gasteiger partial charge is 0.163 e. The maximum Gasteiger partial charge on any atom is 0.163 e. The van der Waals surface area contributed by atoms with Gasteiger partial charge in [-0.25, -0.2) is 19.3 Å². The van der Waals surface area contributed by atoms with Gasteiger partial charge in [-0.2, -0.15) is 0 Å². The minimum absolute atomic E-state index is 0.259. The average molecular weight is 301 g/mol. The zero-order valence-corrected chi connectivity index (χ0v) is 11.7. The molecule has 0 atom stereocenters. The highest BCUT2D eigenvalue weighted by Crippen LogP contribution is 2.36. The number of fused-ring (bicyclic) bond motifs is 2. The molecule has 0 amide bonds. The molecule has 2 aromatic heterocycles. The summed E-state index contributed by atoms with van der Waals surface area (Å²) in [6, 6.07) is 8.32. The van der Waals surface area contributed by atoms with Crippen molar-refractivity contribution in [2.45, 2.75) is 6.42 Å². The van der Waals surface area contributed by atoms with Crippen LogP contribution in [0.1, 0.15) is 5.56 Å². The first-order valence-corrected chi connectivity index (χ1v) is 6.93. The number of rotatable bonds is 1. The molecule has 1 aromatic carbocycles. The van der Waals surface area contributed by atoms with Crippen LogP contribution in [0, 0.1) is 5.82 Å². The lowest BCUT2D eigenvalue weighted by Crippen LogP contribution is -2.16. The number of hydrogen-bond acceptors (Lipinski definition) is 4. The standard InChI is InChI=1S/C15H10ClFN4/c16-13-4-3-11-14(20-13)15(19-8-18-11)21-6-5-9-1-2-10(17)7-12(9)21/h1-4,7-8H,5-6H2. The van der Waals surface area contributed by atoms with Crippen LogP contribution < -0.4 is 4.90 Å². The SMILES string of the molecule is Fc1ccc2c(c1)N(c1ncnc3ccc(Cl)nc13)CC2. The molecule has 3 aromatic rings. The minimum Gasteiger partial charge on any atom is -0.324 e. The van der Waals surface area contributed by atoms with Gasteiger partial charge in [-0.1, -0.05) is 17.7 Å². The molecule has 21 heavy (non-hydrogen) atoms. The van der Waals surface area contributed by atoms with E-state index in [1.54, 1.807) is 12.1 Å². The lowest BCUT2D eigenvalue weighted by atomic mass is 10.2. The molecule has 4 rings (SSSR count). The molecule has 3 heterocycles. The molecular formula is C15H10ClFN4. The molecule has 0 saturated heterocycles. The van der Waals surface area contributed by atoms with E-state index in [2.05, 4.69) is 15.0 Å². The lowest BCUT2D eigenvalue weighted by molar-refractivity contribution is 0.628. The average Bonchev–Trinajstić information content (AvgIpc) is 2.89. The predicted molar refractivity (Wildman–Crippen MR) is 79.5 cm³/mol. The zero-order valence-electron chi connectivity index (χ0n) is 10.9. The van der Waals surface area contributed by atoms with Crippen molar-refractivity contribution in [2.24, 2.45) is 0 Å². The number of halogens is 2. The third kappa shape index (κ3) is 2.01. The highest BCUT2D eigenvalue weighted by molar-refractivity contribution is 6.29. The molecular weight excluding hydrogens is 291 g/mol. The van der Waals surface area contributed by atoms with E-state index in [9.17, 15) is 4.39 Å². The summed E-state index contributed by atoms with van der Waals surface area (Å²) in [5, 5.41) is 0.386. The van der Waals surface area contributed by atoms with Crippen molar-refractivity contribution in [3.8, 4) is 0 Å². The fourth-order valence-electron chi connectivity index (χ4n) is 2.67. The van der Waals surface area contributed by atoms with Gasteiger partial charge in [-0.05, 0) is 36.2 Å². The Morgan fingerprint density at radius 3 is 2.95 bits per heavy atom. The van der Waals surface area contributed by atoms with Crippen LogP contribution in [0.15, 0.2) is 36.7 Å². The maximum atomic E-state index is 13.5. The first kappa shape index (κ1) is 12.5. The molecule has 0 unspecified atom stereocenters. The molecule has 0 saturated carbocycles. The topological polar surface area (TPSA) is 41.9 Å². The van der Waals surface area contributed by atoms with Crippen molar-refractivity contribution >= 4 is 34.1 Å². The summed E-state index contributed by atoms with van der Waals surface area (Å²) in [5.41, 5.74) is 3.28. The van der Waals surface area contributed by atoms with E-state index in [1.165, 1.54) is 18.5 Å². The highest BCUT2D eigenvalue weighted by atomic mass is 35.5. The molecule has 0 spiro atoms. The second-order valence-electron chi connectivity index (χ2n) is 4.87. The summed E-state index contributed by atoms with van der Waals surface area (Å²) in [4.78, 5) is 14.8. The van der Waals surface area contributed by atoms with Gasteiger partial charge in [0.2, 0.25) is 0 Å². The van der Waals surface area contributed by atoms with E-state index in [-0.39, 0.29) is 5.82 Å². The van der Waals surface area contributed by atoms with Crippen molar-refractivity contribution < 1.29 is 4.39 Å². The molecule has 0 radical (unpaired) electrons. The van der Waals surface area contributed by atoms with Gasteiger partial charge in [0.25, 0.3) is 0 Å². The predicted octanol–water partition coefficient (Wildman–Crippen LogP) is 3.51. The third-order valence-corrected chi connectivity index (χ3v) is 3.84. The molecule has 0 bridgehead atoms. The highest BCUT2D eigenvalue weighted by Gasteiger charge is 2.24. The van der Waals surface area contributed by atoms with Gasteiger partial charge in [0, 0.05) is 12.2 Å². The van der Waals surface area contributed by atoms with Gasteiger partial charge in [0.1, 0.15) is 22.8 Å². The number of anilines is 2. The van der Waals surface area contributed by atoms with Gasteiger partial charge in [0.15, 0.2) is 5.82 Å². The van der Waals surface area contributed by atoms with Gasteiger partial charge in [0.05, 0.1) is 5.52 Å². The van der Waals surface area contributed by atoms with Crippen LogP contribution >= 0.6 is 11.6 Å². The van der Waals surface area contributed by atoms with E-state index < -0.39 is 0 Å². The van der Waals surface area contributed by atoms with Gasteiger partial charge >= 0.3 is 0 Å². The van der Waals surface area contributed by atoms with E-state index >= 15 is 0 Å². The van der Waals surface area contributed by atoms with Gasteiger partial charge in [-0.3, -0.25) is 0 Å². The van der Waals surface area contributed by atoms with Crippen LogP contribution in [0.2, 0.25) is 5.15 Å². The van der Waals surface area contributed by atoms with Gasteiger partial charge < -0.3 is 4.90 Å². The normalized spacial score (nSPS) is 13.7. The molecule has 6 heteroatoms. The van der Waals surface area contributed by atoms with Crippen LogP contribution in [0.5, 0.6) is 0 Å². The fraction of sp³-hybridized carbons (Fsp3) is 0.133. The number of benzene rings is 1. The van der Waals surface area contributed by atoms with Crippen molar-refractivity contribution in [1.29, 1.82) is 0 Å². The fourth-order valence-corrected chi connectivity index (χ4v) is 2.82. The second kappa shape index (κ2) is 4.63. The summed E-state index contributed by atoms with van der Waals surface area (Å²) in [6.45, 7) is 0.735. The maximum absolute atomic E-state index is 13.5. The summed E-state index contributed by atoms with van der Waals surface area (Å²) >= 11 is 5.98. The van der Waals surface area contributed by atoms with Crippen molar-refractivity contribution in [3.63, 3.8) is 0 Å². The van der Waals surface area contributed by atoms with Crippen LogP contribution in [0.4, 0.5) is 15.9 Å². The van der Waals surface area contributed by atoms with Crippen LogP contribution in [-0.2, 0) is 6.42 Å². The van der Waals surface area contributed by atoms with Crippen molar-refractivity contribution in [2.75, 3.05) is 11.4 Å². The Balaban J connectivity index is 1.93. The molecule has 1 aliphatic rings. The second-order valence-corrected chi connectivity index (χ2v) is 5.26. The summed E-state index contributed by atoms with van der Waals surface area (Å²) in [7, 11) is 0. The zero-order chi connectivity index (χ0) is 14.4. The van der Waals surface area contributed by atoms with Gasteiger partial charge in [-0.15, -0.1) is 0 Å². The van der Waals surface area contributed by atoms with E-state index in [0.717, 1.165) is 24.2 Å². The largest absolute Gasteiger partial charge is 0.324 e. The molecule has 104 valence electrons. The first-order chi connectivity index (χ1) is 10.2. The summed E-state index contributed by atoms with van der Waals surface area (Å²) in [6.07, 6.45) is 2.34. The Labute approximate surface area is 125 Å². The summed E-state index contributed by atoms with van der Waals surface area (Å²) in [5.74, 6) is 0.400. The monoisotopic (exact) mass is 300 g/mol. The number of pyridine rings is 1.